The number of anilines is 1. The molecule has 0 aliphatic carbocycles. The van der Waals surface area contributed by atoms with Crippen LogP contribution in [-0.4, -0.2) is 35.1 Å². The third kappa shape index (κ3) is 4.69. The van der Waals surface area contributed by atoms with Gasteiger partial charge in [-0.25, -0.2) is 4.98 Å². The Labute approximate surface area is 121 Å². The van der Waals surface area contributed by atoms with Crippen LogP contribution in [0.4, 0.5) is 5.82 Å². The van der Waals surface area contributed by atoms with E-state index in [0.29, 0.717) is 0 Å². The molecule has 0 radical (unpaired) electrons. The molecule has 1 aliphatic heterocycles. The maximum absolute atomic E-state index is 4.62. The van der Waals surface area contributed by atoms with Gasteiger partial charge in [-0.1, -0.05) is 6.07 Å². The Morgan fingerprint density at radius 3 is 2.95 bits per heavy atom. The molecule has 19 heavy (non-hydrogen) atoms. The monoisotopic (exact) mass is 279 g/mol. The van der Waals surface area contributed by atoms with Crippen molar-refractivity contribution in [3.63, 3.8) is 0 Å². The second-order valence-electron chi connectivity index (χ2n) is 6.04. The molecule has 0 saturated carbocycles. The predicted octanol–water partition coefficient (Wildman–Crippen LogP) is 2.91. The number of rotatable bonds is 3. The lowest BCUT2D eigenvalue weighted by atomic mass is 10.1. The first kappa shape index (κ1) is 14.7. The smallest absolute Gasteiger partial charge is 0.133 e. The molecule has 1 fully saturated rings. The highest BCUT2D eigenvalue weighted by atomic mass is 32.2. The van der Waals surface area contributed by atoms with E-state index in [9.17, 15) is 0 Å². The van der Waals surface area contributed by atoms with Crippen molar-refractivity contribution < 1.29 is 0 Å². The normalized spacial score (nSPS) is 17.3. The highest BCUT2D eigenvalue weighted by Gasteiger charge is 2.16. The fraction of sp³-hybridized carbons (Fsp3) is 0.667. The molecule has 106 valence electrons. The van der Waals surface area contributed by atoms with Gasteiger partial charge in [0.05, 0.1) is 0 Å². The Kier molecular flexibility index (Phi) is 5.11. The molecule has 1 saturated heterocycles. The maximum Gasteiger partial charge on any atom is 0.133 e. The standard InChI is InChI=1S/C15H25N3S/c1-15(2,3)17-12-13-6-4-7-16-14(13)18-8-5-10-19-11-9-18/h4,6-7,17H,5,8-12H2,1-3H3. The van der Waals surface area contributed by atoms with Crippen molar-refractivity contribution in [2.24, 2.45) is 0 Å². The van der Waals surface area contributed by atoms with Crippen molar-refractivity contribution in [1.29, 1.82) is 0 Å². The number of thioether (sulfide) groups is 1. The molecule has 0 unspecified atom stereocenters. The lowest BCUT2D eigenvalue weighted by Gasteiger charge is -2.26. The molecule has 0 bridgehead atoms. The number of aromatic nitrogens is 1. The van der Waals surface area contributed by atoms with Crippen LogP contribution in [0.5, 0.6) is 0 Å². The highest BCUT2D eigenvalue weighted by Crippen LogP contribution is 2.21. The average molecular weight is 279 g/mol. The molecule has 1 aromatic heterocycles. The van der Waals surface area contributed by atoms with Crippen molar-refractivity contribution in [1.82, 2.24) is 10.3 Å². The molecule has 2 rings (SSSR count). The highest BCUT2D eigenvalue weighted by molar-refractivity contribution is 7.99. The molecule has 0 amide bonds. The van der Waals surface area contributed by atoms with Gasteiger partial charge in [-0.2, -0.15) is 11.8 Å². The SMILES string of the molecule is CC(C)(C)NCc1cccnc1N1CCCSCC1. The molecule has 1 aromatic rings. The minimum atomic E-state index is 0.141. The van der Waals surface area contributed by atoms with Crippen molar-refractivity contribution in [3.05, 3.63) is 23.9 Å². The molecular formula is C15H25N3S. The van der Waals surface area contributed by atoms with E-state index in [1.807, 2.05) is 12.3 Å². The molecule has 0 aromatic carbocycles. The summed E-state index contributed by atoms with van der Waals surface area (Å²) >= 11 is 2.05. The summed E-state index contributed by atoms with van der Waals surface area (Å²) in [5, 5.41) is 3.56. The molecule has 3 nitrogen and oxygen atoms in total. The molecule has 2 heterocycles. The zero-order valence-corrected chi connectivity index (χ0v) is 13.1. The Bertz CT molecular complexity index is 393. The summed E-state index contributed by atoms with van der Waals surface area (Å²) in [6, 6.07) is 4.23. The number of hydrogen-bond donors (Lipinski definition) is 1. The zero-order chi connectivity index (χ0) is 13.7. The summed E-state index contributed by atoms with van der Waals surface area (Å²) in [5.41, 5.74) is 1.45. The second kappa shape index (κ2) is 6.62. The second-order valence-corrected chi connectivity index (χ2v) is 7.27. The van der Waals surface area contributed by atoms with Crippen LogP contribution in [0.25, 0.3) is 0 Å². The Morgan fingerprint density at radius 1 is 1.32 bits per heavy atom. The fourth-order valence-electron chi connectivity index (χ4n) is 2.17. The molecule has 0 spiro atoms. The first-order chi connectivity index (χ1) is 9.06. The third-order valence-electron chi connectivity index (χ3n) is 3.20. The number of hydrogen-bond acceptors (Lipinski definition) is 4. The van der Waals surface area contributed by atoms with E-state index in [4.69, 9.17) is 0 Å². The van der Waals surface area contributed by atoms with E-state index in [-0.39, 0.29) is 5.54 Å². The van der Waals surface area contributed by atoms with Gasteiger partial charge in [-0.15, -0.1) is 0 Å². The van der Waals surface area contributed by atoms with Crippen LogP contribution < -0.4 is 10.2 Å². The number of nitrogens with one attached hydrogen (secondary N) is 1. The average Bonchev–Trinajstić information content (AvgIpc) is 2.64. The van der Waals surface area contributed by atoms with Crippen molar-refractivity contribution in [3.8, 4) is 0 Å². The number of nitrogens with zero attached hydrogens (tertiary/aromatic N) is 2. The summed E-state index contributed by atoms with van der Waals surface area (Å²) < 4.78 is 0. The topological polar surface area (TPSA) is 28.2 Å². The van der Waals surface area contributed by atoms with Gasteiger partial charge < -0.3 is 10.2 Å². The van der Waals surface area contributed by atoms with Crippen molar-refractivity contribution in [2.45, 2.75) is 39.3 Å². The molecule has 1 N–H and O–H groups in total. The minimum Gasteiger partial charge on any atom is -0.355 e. The molecular weight excluding hydrogens is 254 g/mol. The molecule has 1 aliphatic rings. The summed E-state index contributed by atoms with van der Waals surface area (Å²) in [4.78, 5) is 7.07. The first-order valence-electron chi connectivity index (χ1n) is 7.08. The summed E-state index contributed by atoms with van der Waals surface area (Å²) in [7, 11) is 0. The maximum atomic E-state index is 4.62. The third-order valence-corrected chi connectivity index (χ3v) is 4.25. The van der Waals surface area contributed by atoms with Gasteiger partial charge in [0.2, 0.25) is 0 Å². The summed E-state index contributed by atoms with van der Waals surface area (Å²) in [5.74, 6) is 3.66. The van der Waals surface area contributed by atoms with E-state index in [1.54, 1.807) is 0 Å². The van der Waals surface area contributed by atoms with E-state index in [1.165, 1.54) is 29.3 Å². The van der Waals surface area contributed by atoms with E-state index >= 15 is 0 Å². The lowest BCUT2D eigenvalue weighted by molar-refractivity contribution is 0.424. The van der Waals surface area contributed by atoms with Crippen LogP contribution in [0, 0.1) is 0 Å². The van der Waals surface area contributed by atoms with Gasteiger partial charge in [0.1, 0.15) is 5.82 Å². The lowest BCUT2D eigenvalue weighted by Crippen LogP contribution is -2.36. The van der Waals surface area contributed by atoms with Crippen LogP contribution in [-0.2, 0) is 6.54 Å². The fourth-order valence-corrected chi connectivity index (χ4v) is 3.06. The van der Waals surface area contributed by atoms with Gasteiger partial charge in [-0.05, 0) is 39.0 Å². The zero-order valence-electron chi connectivity index (χ0n) is 12.3. The summed E-state index contributed by atoms with van der Waals surface area (Å²) in [6.45, 7) is 9.73. The molecule has 0 atom stereocenters. The van der Waals surface area contributed by atoms with Gasteiger partial charge in [0.25, 0.3) is 0 Å². The van der Waals surface area contributed by atoms with Gasteiger partial charge in [0, 0.05) is 42.7 Å². The molecule has 4 heteroatoms. The van der Waals surface area contributed by atoms with Crippen molar-refractivity contribution in [2.75, 3.05) is 29.5 Å². The van der Waals surface area contributed by atoms with Crippen LogP contribution in [0.2, 0.25) is 0 Å². The van der Waals surface area contributed by atoms with Crippen LogP contribution in [0.15, 0.2) is 18.3 Å². The van der Waals surface area contributed by atoms with Crippen LogP contribution in [0.1, 0.15) is 32.8 Å². The first-order valence-corrected chi connectivity index (χ1v) is 8.23. The number of pyridine rings is 1. The van der Waals surface area contributed by atoms with Crippen LogP contribution >= 0.6 is 11.8 Å². The van der Waals surface area contributed by atoms with Crippen LogP contribution in [0.3, 0.4) is 0 Å². The largest absolute Gasteiger partial charge is 0.355 e. The predicted molar refractivity (Wildman–Crippen MR) is 85.0 cm³/mol. The van der Waals surface area contributed by atoms with Gasteiger partial charge >= 0.3 is 0 Å². The Morgan fingerprint density at radius 2 is 2.16 bits per heavy atom. The van der Waals surface area contributed by atoms with Crippen molar-refractivity contribution >= 4 is 17.6 Å². The summed E-state index contributed by atoms with van der Waals surface area (Å²) in [6.07, 6.45) is 3.17. The van der Waals surface area contributed by atoms with E-state index < -0.39 is 0 Å². The quantitative estimate of drug-likeness (QED) is 0.921. The minimum absolute atomic E-state index is 0.141. The Hall–Kier alpha value is -0.740. The Balaban J connectivity index is 2.10. The van der Waals surface area contributed by atoms with Gasteiger partial charge in [-0.3, -0.25) is 0 Å². The van der Waals surface area contributed by atoms with Gasteiger partial charge in [0.15, 0.2) is 0 Å². The van der Waals surface area contributed by atoms with E-state index in [2.05, 4.69) is 53.8 Å². The van der Waals surface area contributed by atoms with E-state index in [0.717, 1.165) is 19.6 Å².